The summed E-state index contributed by atoms with van der Waals surface area (Å²) < 4.78 is 32.7. The van der Waals surface area contributed by atoms with E-state index in [0.29, 0.717) is 13.0 Å². The van der Waals surface area contributed by atoms with E-state index in [-0.39, 0.29) is 31.2 Å². The van der Waals surface area contributed by atoms with Gasteiger partial charge in [-0.25, -0.2) is 8.78 Å². The van der Waals surface area contributed by atoms with E-state index >= 15 is 0 Å². The Morgan fingerprint density at radius 3 is 2.65 bits per heavy atom. The highest BCUT2D eigenvalue weighted by atomic mass is 19.1. The molecule has 0 aliphatic carbocycles. The third-order valence-corrected chi connectivity index (χ3v) is 4.88. The standard InChI is InChI=1S/C16H17F2NO4/c17-12-2-1-3-13(18)11(12)6-14(20)19-7-10-8-23-5-4-16(10,9-19)15(21)22/h1-3,10H,4-9H2,(H,21,22)/t10-,16+/m0/s1. The Kier molecular flexibility index (Phi) is 4.06. The molecule has 1 aromatic rings. The molecule has 0 saturated carbocycles. The van der Waals surface area contributed by atoms with Crippen LogP contribution in [0.15, 0.2) is 18.2 Å². The molecule has 23 heavy (non-hydrogen) atoms. The van der Waals surface area contributed by atoms with Gasteiger partial charge in [-0.15, -0.1) is 0 Å². The number of rotatable bonds is 3. The summed E-state index contributed by atoms with van der Waals surface area (Å²) in [5, 5.41) is 9.56. The number of carbonyl (C=O) groups is 2. The Balaban J connectivity index is 1.78. The topological polar surface area (TPSA) is 66.8 Å². The quantitative estimate of drug-likeness (QED) is 0.914. The molecule has 2 saturated heterocycles. The summed E-state index contributed by atoms with van der Waals surface area (Å²) in [5.41, 5.74) is -1.30. The molecule has 0 unspecified atom stereocenters. The molecule has 5 nitrogen and oxygen atoms in total. The molecule has 1 N–H and O–H groups in total. The van der Waals surface area contributed by atoms with Gasteiger partial charge in [-0.2, -0.15) is 0 Å². The first-order chi connectivity index (χ1) is 10.9. The van der Waals surface area contributed by atoms with E-state index in [4.69, 9.17) is 4.74 Å². The Bertz CT molecular complexity index is 631. The van der Waals surface area contributed by atoms with Gasteiger partial charge in [0.05, 0.1) is 18.4 Å². The first-order valence-corrected chi connectivity index (χ1v) is 7.46. The van der Waals surface area contributed by atoms with Crippen molar-refractivity contribution < 1.29 is 28.2 Å². The van der Waals surface area contributed by atoms with Crippen LogP contribution in [-0.2, 0) is 20.7 Å². The molecule has 7 heteroatoms. The van der Waals surface area contributed by atoms with Crippen LogP contribution in [0.3, 0.4) is 0 Å². The first kappa shape index (κ1) is 15.9. The predicted molar refractivity (Wildman–Crippen MR) is 75.6 cm³/mol. The molecule has 124 valence electrons. The number of carbonyl (C=O) groups excluding carboxylic acids is 1. The lowest BCUT2D eigenvalue weighted by Crippen LogP contribution is -2.45. The lowest BCUT2D eigenvalue weighted by Gasteiger charge is -2.33. The van der Waals surface area contributed by atoms with Crippen molar-refractivity contribution in [2.45, 2.75) is 12.8 Å². The number of ether oxygens (including phenoxy) is 1. The SMILES string of the molecule is O=C(Cc1c(F)cccc1F)N1C[C@H]2COCC[C@@]2(C(=O)O)C1. The average molecular weight is 325 g/mol. The summed E-state index contributed by atoms with van der Waals surface area (Å²) in [6.45, 7) is 0.920. The van der Waals surface area contributed by atoms with Crippen LogP contribution in [0.25, 0.3) is 0 Å². The minimum Gasteiger partial charge on any atom is -0.481 e. The minimum atomic E-state index is -1.01. The summed E-state index contributed by atoms with van der Waals surface area (Å²) in [5.74, 6) is -3.25. The van der Waals surface area contributed by atoms with Crippen LogP contribution < -0.4 is 0 Å². The van der Waals surface area contributed by atoms with E-state index in [1.165, 1.54) is 11.0 Å². The van der Waals surface area contributed by atoms with Crippen molar-refractivity contribution in [3.05, 3.63) is 35.4 Å². The van der Waals surface area contributed by atoms with Crippen LogP contribution in [0.1, 0.15) is 12.0 Å². The normalized spacial score (nSPS) is 26.9. The van der Waals surface area contributed by atoms with Gasteiger partial charge in [0.2, 0.25) is 5.91 Å². The number of hydrogen-bond donors (Lipinski definition) is 1. The molecule has 0 spiro atoms. The minimum absolute atomic E-state index is 0.0608. The van der Waals surface area contributed by atoms with Gasteiger partial charge in [0.15, 0.2) is 0 Å². The fraction of sp³-hybridized carbons (Fsp3) is 0.500. The maximum atomic E-state index is 13.7. The number of fused-ring (bicyclic) bond motifs is 1. The summed E-state index contributed by atoms with van der Waals surface area (Å²) in [6.07, 6.45) is -0.0768. The third kappa shape index (κ3) is 2.69. The summed E-state index contributed by atoms with van der Waals surface area (Å²) in [6, 6.07) is 3.43. The van der Waals surface area contributed by atoms with Crippen molar-refractivity contribution in [1.82, 2.24) is 4.90 Å². The number of halogens is 2. The number of hydrogen-bond acceptors (Lipinski definition) is 3. The molecule has 2 aliphatic rings. The van der Waals surface area contributed by atoms with Crippen LogP contribution in [0.4, 0.5) is 8.78 Å². The molecular formula is C16H17F2NO4. The van der Waals surface area contributed by atoms with E-state index in [1.54, 1.807) is 0 Å². The van der Waals surface area contributed by atoms with Crippen molar-refractivity contribution in [3.63, 3.8) is 0 Å². The molecule has 2 fully saturated rings. The fourth-order valence-corrected chi connectivity index (χ4v) is 3.45. The second-order valence-electron chi connectivity index (χ2n) is 6.13. The van der Waals surface area contributed by atoms with E-state index < -0.39 is 35.3 Å². The largest absolute Gasteiger partial charge is 0.481 e. The van der Waals surface area contributed by atoms with Crippen LogP contribution in [-0.4, -0.2) is 48.2 Å². The van der Waals surface area contributed by atoms with Crippen molar-refractivity contribution in [2.24, 2.45) is 11.3 Å². The molecule has 2 heterocycles. The number of aliphatic carboxylic acids is 1. The summed E-state index contributed by atoms with van der Waals surface area (Å²) in [4.78, 5) is 25.5. The van der Waals surface area contributed by atoms with Gasteiger partial charge in [-0.3, -0.25) is 9.59 Å². The van der Waals surface area contributed by atoms with Gasteiger partial charge in [-0.05, 0) is 18.6 Å². The maximum Gasteiger partial charge on any atom is 0.311 e. The number of benzene rings is 1. The van der Waals surface area contributed by atoms with E-state index in [0.717, 1.165) is 12.1 Å². The highest BCUT2D eigenvalue weighted by molar-refractivity contribution is 5.82. The van der Waals surface area contributed by atoms with Gasteiger partial charge in [0, 0.05) is 31.2 Å². The first-order valence-electron chi connectivity index (χ1n) is 7.46. The van der Waals surface area contributed by atoms with E-state index in [9.17, 15) is 23.5 Å². The monoisotopic (exact) mass is 325 g/mol. The summed E-state index contributed by atoms with van der Waals surface area (Å²) >= 11 is 0. The molecule has 2 aliphatic heterocycles. The Labute approximate surface area is 131 Å². The number of carboxylic acids is 1. The van der Waals surface area contributed by atoms with Crippen molar-refractivity contribution in [1.29, 1.82) is 0 Å². The van der Waals surface area contributed by atoms with Crippen LogP contribution in [0, 0.1) is 23.0 Å². The van der Waals surface area contributed by atoms with E-state index in [1.807, 2.05) is 0 Å². The van der Waals surface area contributed by atoms with Gasteiger partial charge in [-0.1, -0.05) is 6.07 Å². The zero-order chi connectivity index (χ0) is 16.6. The Hall–Kier alpha value is -2.02. The number of nitrogens with zero attached hydrogens (tertiary/aromatic N) is 1. The Morgan fingerprint density at radius 2 is 2.04 bits per heavy atom. The molecule has 0 aromatic heterocycles. The Morgan fingerprint density at radius 1 is 1.35 bits per heavy atom. The number of likely N-dealkylation sites (tertiary alicyclic amines) is 1. The highest BCUT2D eigenvalue weighted by Gasteiger charge is 2.54. The highest BCUT2D eigenvalue weighted by Crippen LogP contribution is 2.42. The van der Waals surface area contributed by atoms with Crippen LogP contribution in [0.5, 0.6) is 0 Å². The lowest BCUT2D eigenvalue weighted by molar-refractivity contribution is -0.157. The predicted octanol–water partition coefficient (Wildman–Crippen LogP) is 1.46. The molecular weight excluding hydrogens is 308 g/mol. The van der Waals surface area contributed by atoms with Crippen molar-refractivity contribution >= 4 is 11.9 Å². The molecule has 2 atom stereocenters. The van der Waals surface area contributed by atoms with Gasteiger partial charge >= 0.3 is 5.97 Å². The lowest BCUT2D eigenvalue weighted by atomic mass is 9.74. The van der Waals surface area contributed by atoms with E-state index in [2.05, 4.69) is 0 Å². The van der Waals surface area contributed by atoms with Crippen LogP contribution in [0.2, 0.25) is 0 Å². The number of carboxylic acid groups (broad SMARTS) is 1. The van der Waals surface area contributed by atoms with Crippen molar-refractivity contribution in [2.75, 3.05) is 26.3 Å². The maximum absolute atomic E-state index is 13.7. The van der Waals surface area contributed by atoms with Gasteiger partial charge in [0.1, 0.15) is 11.6 Å². The third-order valence-electron chi connectivity index (χ3n) is 4.88. The molecule has 0 radical (unpaired) electrons. The van der Waals surface area contributed by atoms with Gasteiger partial charge in [0.25, 0.3) is 0 Å². The molecule has 0 bridgehead atoms. The van der Waals surface area contributed by atoms with Crippen LogP contribution >= 0.6 is 0 Å². The molecule has 3 rings (SSSR count). The zero-order valence-corrected chi connectivity index (χ0v) is 12.4. The second kappa shape index (κ2) is 5.88. The van der Waals surface area contributed by atoms with Gasteiger partial charge < -0.3 is 14.7 Å². The summed E-state index contributed by atoms with van der Waals surface area (Å²) in [7, 11) is 0. The average Bonchev–Trinajstić information content (AvgIpc) is 2.92. The molecule has 1 amide bonds. The zero-order valence-electron chi connectivity index (χ0n) is 12.4. The second-order valence-corrected chi connectivity index (χ2v) is 6.13. The van der Waals surface area contributed by atoms with Crippen molar-refractivity contribution in [3.8, 4) is 0 Å². The molecule has 1 aromatic carbocycles. The smallest absolute Gasteiger partial charge is 0.311 e. The fourth-order valence-electron chi connectivity index (χ4n) is 3.45. The number of amides is 1.